The molecule has 0 unspecified atom stereocenters. The molecular formula is C25H23N4O3+. The van der Waals surface area contributed by atoms with Crippen molar-refractivity contribution in [3.8, 4) is 17.6 Å². The Hall–Kier alpha value is -4.18. The third kappa shape index (κ3) is 3.08. The van der Waals surface area contributed by atoms with Crippen LogP contribution in [0, 0.1) is 11.3 Å². The lowest BCUT2D eigenvalue weighted by Crippen LogP contribution is -2.37. The molecule has 0 fully saturated rings. The highest BCUT2D eigenvalue weighted by Gasteiger charge is 2.43. The molecule has 1 N–H and O–H groups in total. The summed E-state index contributed by atoms with van der Waals surface area (Å²) in [5.41, 5.74) is 3.13. The minimum absolute atomic E-state index is 0.0239. The molecule has 7 heteroatoms. The summed E-state index contributed by atoms with van der Waals surface area (Å²) in [7, 11) is 2.73. The van der Waals surface area contributed by atoms with E-state index in [1.165, 1.54) is 31.8 Å². The number of aromatic nitrogens is 3. The van der Waals surface area contributed by atoms with E-state index in [-0.39, 0.29) is 11.0 Å². The van der Waals surface area contributed by atoms with Crippen LogP contribution in [0.1, 0.15) is 36.2 Å². The largest absolute Gasteiger partial charge is 0.494 e. The summed E-state index contributed by atoms with van der Waals surface area (Å²) >= 11 is 0. The highest BCUT2D eigenvalue weighted by Crippen LogP contribution is 2.38. The number of pyridine rings is 1. The molecule has 0 saturated carbocycles. The van der Waals surface area contributed by atoms with Crippen LogP contribution in [0.4, 0.5) is 0 Å². The Morgan fingerprint density at radius 1 is 1.16 bits per heavy atom. The van der Waals surface area contributed by atoms with Crippen molar-refractivity contribution in [2.24, 2.45) is 14.1 Å². The molecule has 4 rings (SSSR count). The van der Waals surface area contributed by atoms with E-state index in [9.17, 15) is 20.0 Å². The maximum atomic E-state index is 12.3. The summed E-state index contributed by atoms with van der Waals surface area (Å²) in [5, 5.41) is 19.9. The lowest BCUT2D eigenvalue weighted by Gasteiger charge is -2.14. The number of fused-ring (bicyclic) bond motifs is 3. The lowest BCUT2D eigenvalue weighted by atomic mass is 9.82. The van der Waals surface area contributed by atoms with Gasteiger partial charge < -0.3 is 5.11 Å². The van der Waals surface area contributed by atoms with Crippen LogP contribution < -0.4 is 15.8 Å². The Morgan fingerprint density at radius 2 is 1.88 bits per heavy atom. The second-order valence-corrected chi connectivity index (χ2v) is 8.31. The fraction of sp³-hybridized carbons (Fsp3) is 0.200. The summed E-state index contributed by atoms with van der Waals surface area (Å²) < 4.78 is 4.05. The summed E-state index contributed by atoms with van der Waals surface area (Å²) in [6.45, 7) is 4.31. The normalized spacial score (nSPS) is 14.3. The summed E-state index contributed by atoms with van der Waals surface area (Å²) in [4.78, 5) is 24.2. The first-order valence-corrected chi connectivity index (χ1v) is 10.1. The van der Waals surface area contributed by atoms with Crippen LogP contribution in [0.5, 0.6) is 5.88 Å². The quantitative estimate of drug-likeness (QED) is 0.395. The van der Waals surface area contributed by atoms with E-state index in [4.69, 9.17) is 0 Å². The average Bonchev–Trinajstić information content (AvgIpc) is 3.03. The molecule has 1 aliphatic heterocycles. The van der Waals surface area contributed by atoms with Gasteiger partial charge in [0.15, 0.2) is 11.9 Å². The third-order valence-corrected chi connectivity index (χ3v) is 6.06. The van der Waals surface area contributed by atoms with Gasteiger partial charge in [0.25, 0.3) is 5.56 Å². The zero-order chi connectivity index (χ0) is 23.2. The lowest BCUT2D eigenvalue weighted by molar-refractivity contribution is -0.599. The van der Waals surface area contributed by atoms with Crippen LogP contribution in [0.3, 0.4) is 0 Å². The van der Waals surface area contributed by atoms with Crippen LogP contribution in [-0.4, -0.2) is 14.2 Å². The van der Waals surface area contributed by atoms with E-state index < -0.39 is 17.1 Å². The number of para-hydroxylation sites is 1. The van der Waals surface area contributed by atoms with Crippen LogP contribution >= 0.6 is 0 Å². The monoisotopic (exact) mass is 427 g/mol. The molecule has 3 aromatic rings. The molecule has 0 saturated heterocycles. The van der Waals surface area contributed by atoms with Crippen LogP contribution in [0.2, 0.25) is 0 Å². The number of aromatic hydroxyl groups is 1. The number of rotatable bonds is 3. The molecule has 0 bridgehead atoms. The van der Waals surface area contributed by atoms with Gasteiger partial charge in [-0.05, 0) is 26.0 Å². The molecule has 32 heavy (non-hydrogen) atoms. The van der Waals surface area contributed by atoms with Gasteiger partial charge in [0.05, 0.1) is 17.1 Å². The van der Waals surface area contributed by atoms with Gasteiger partial charge in [-0.2, -0.15) is 9.83 Å². The summed E-state index contributed by atoms with van der Waals surface area (Å²) in [6.07, 6.45) is 6.48. The predicted octanol–water partition coefficient (Wildman–Crippen LogP) is 2.33. The molecule has 0 atom stereocenters. The zero-order valence-electron chi connectivity index (χ0n) is 18.3. The SMILES string of the molecule is Cn1c(O)c(C=CC=C(C#N)c2cc[n+]3c(c2)C(C)(C)c2ccccc2-3)c(=O)n(C)c1=O. The van der Waals surface area contributed by atoms with Gasteiger partial charge in [0, 0.05) is 43.4 Å². The molecule has 0 aliphatic carbocycles. The van der Waals surface area contributed by atoms with Gasteiger partial charge in [-0.3, -0.25) is 13.9 Å². The number of nitriles is 1. The first kappa shape index (κ1) is 21.1. The molecule has 1 aliphatic rings. The predicted molar refractivity (Wildman–Crippen MR) is 121 cm³/mol. The van der Waals surface area contributed by atoms with E-state index in [1.54, 1.807) is 6.08 Å². The van der Waals surface area contributed by atoms with Gasteiger partial charge in [-0.25, -0.2) is 4.79 Å². The minimum Gasteiger partial charge on any atom is -0.494 e. The molecule has 1 aromatic carbocycles. The molecule has 0 spiro atoms. The third-order valence-electron chi connectivity index (χ3n) is 6.06. The summed E-state index contributed by atoms with van der Waals surface area (Å²) in [6, 6.07) is 14.3. The van der Waals surface area contributed by atoms with Crippen molar-refractivity contribution in [1.82, 2.24) is 9.13 Å². The number of hydrogen-bond acceptors (Lipinski definition) is 4. The van der Waals surface area contributed by atoms with Crippen molar-refractivity contribution >= 4 is 11.6 Å². The fourth-order valence-electron chi connectivity index (χ4n) is 4.15. The minimum atomic E-state index is -0.614. The standard InChI is InChI=1S/C25H22N4O3/c1-25(2)19-10-5-6-11-20(19)29-13-12-16(14-21(25)29)17(15-26)8-7-9-18-22(30)27(3)24(32)28(4)23(18)31/h5-14H,1-4H3/p+1. The fourth-order valence-corrected chi connectivity index (χ4v) is 4.15. The first-order chi connectivity index (χ1) is 15.2. The Balaban J connectivity index is 1.75. The van der Waals surface area contributed by atoms with Crippen LogP contribution in [0.15, 0.2) is 64.3 Å². The number of nitrogens with zero attached hydrogens (tertiary/aromatic N) is 4. The van der Waals surface area contributed by atoms with Crippen LogP contribution in [-0.2, 0) is 19.5 Å². The van der Waals surface area contributed by atoms with Crippen molar-refractivity contribution in [2.45, 2.75) is 19.3 Å². The Kier molecular flexibility index (Phi) is 4.94. The number of benzene rings is 1. The van der Waals surface area contributed by atoms with Crippen molar-refractivity contribution < 1.29 is 9.67 Å². The van der Waals surface area contributed by atoms with E-state index in [0.29, 0.717) is 5.57 Å². The van der Waals surface area contributed by atoms with Gasteiger partial charge in [-0.1, -0.05) is 24.3 Å². The molecule has 3 heterocycles. The van der Waals surface area contributed by atoms with Gasteiger partial charge in [-0.15, -0.1) is 0 Å². The van der Waals surface area contributed by atoms with Crippen molar-refractivity contribution in [3.63, 3.8) is 0 Å². The topological polar surface area (TPSA) is 91.9 Å². The van der Waals surface area contributed by atoms with Gasteiger partial charge in [0.2, 0.25) is 11.6 Å². The molecular weight excluding hydrogens is 404 g/mol. The first-order valence-electron chi connectivity index (χ1n) is 10.1. The second kappa shape index (κ2) is 7.50. The van der Waals surface area contributed by atoms with Crippen molar-refractivity contribution in [1.29, 1.82) is 5.26 Å². The number of hydrogen-bond donors (Lipinski definition) is 1. The Labute approximate surface area is 185 Å². The second-order valence-electron chi connectivity index (χ2n) is 8.31. The highest BCUT2D eigenvalue weighted by atomic mass is 16.3. The molecule has 2 aromatic heterocycles. The molecule has 0 radical (unpaired) electrons. The molecule has 0 amide bonds. The van der Waals surface area contributed by atoms with Crippen LogP contribution in [0.25, 0.3) is 17.3 Å². The van der Waals surface area contributed by atoms with Crippen molar-refractivity contribution in [2.75, 3.05) is 0 Å². The van der Waals surface area contributed by atoms with E-state index in [1.807, 2.05) is 30.5 Å². The molecule has 160 valence electrons. The Morgan fingerprint density at radius 3 is 2.59 bits per heavy atom. The van der Waals surface area contributed by atoms with Crippen molar-refractivity contribution in [3.05, 3.63) is 98.0 Å². The zero-order valence-corrected chi connectivity index (χ0v) is 18.3. The van der Waals surface area contributed by atoms with Gasteiger partial charge in [0.1, 0.15) is 5.56 Å². The Bertz CT molecular complexity index is 1480. The van der Waals surface area contributed by atoms with E-state index in [2.05, 4.69) is 36.6 Å². The average molecular weight is 427 g/mol. The maximum Gasteiger partial charge on any atom is 0.333 e. The maximum absolute atomic E-state index is 12.3. The molecule has 7 nitrogen and oxygen atoms in total. The number of allylic oxidation sites excluding steroid dienone is 3. The van der Waals surface area contributed by atoms with Gasteiger partial charge >= 0.3 is 5.69 Å². The highest BCUT2D eigenvalue weighted by molar-refractivity contribution is 5.79. The smallest absolute Gasteiger partial charge is 0.333 e. The van der Waals surface area contributed by atoms with E-state index >= 15 is 0 Å². The summed E-state index contributed by atoms with van der Waals surface area (Å²) in [5.74, 6) is -0.422. The van der Waals surface area contributed by atoms with E-state index in [0.717, 1.165) is 26.1 Å².